The highest BCUT2D eigenvalue weighted by Crippen LogP contribution is 2.37. The van der Waals surface area contributed by atoms with E-state index in [0.29, 0.717) is 56.6 Å². The largest absolute Gasteiger partial charge is 0.416 e. The van der Waals surface area contributed by atoms with Crippen LogP contribution >= 0.6 is 0 Å². The monoisotopic (exact) mass is 556 g/mol. The van der Waals surface area contributed by atoms with E-state index in [4.69, 9.17) is 0 Å². The summed E-state index contributed by atoms with van der Waals surface area (Å²) < 4.78 is 57.9. The molecule has 0 bridgehead atoms. The minimum Gasteiger partial charge on any atom is -0.369 e. The highest BCUT2D eigenvalue weighted by Gasteiger charge is 2.40. The number of hydrogen-bond donors (Lipinski definition) is 1. The lowest BCUT2D eigenvalue weighted by molar-refractivity contribution is -0.138. The van der Waals surface area contributed by atoms with Gasteiger partial charge in [-0.25, -0.2) is 9.18 Å². The zero-order valence-electron chi connectivity index (χ0n) is 22.3. The molecular formula is C29H32F4N6O. The number of nitrogens with one attached hydrogen (secondary N) is 1. The third kappa shape index (κ3) is 5.02. The number of rotatable bonds is 6. The standard InChI is InChI=1S/C29H32F4N6O/c1-19-5-4-8-25(30)26(19)36-13-10-23(11-14-36)38-17-21-15-37(18-22-9-12-34-22)35-27(21)39(28(38)40)16-20-6-2-3-7-24(20)29(31,32)33/h2-8,15,22-23,34H,9-14,16-18H2,1H3. The number of aryl methyl sites for hydroxylation is 1. The minimum absolute atomic E-state index is 0.0243. The molecule has 3 aliphatic rings. The summed E-state index contributed by atoms with van der Waals surface area (Å²) in [6.45, 7) is 4.72. The molecule has 7 nitrogen and oxygen atoms in total. The Balaban J connectivity index is 1.27. The molecule has 4 heterocycles. The van der Waals surface area contributed by atoms with Crippen LogP contribution in [0.15, 0.2) is 48.7 Å². The van der Waals surface area contributed by atoms with Crippen LogP contribution in [0.3, 0.4) is 0 Å². The smallest absolute Gasteiger partial charge is 0.369 e. The number of halogens is 4. The van der Waals surface area contributed by atoms with Crippen molar-refractivity contribution < 1.29 is 22.4 Å². The first-order valence-electron chi connectivity index (χ1n) is 13.7. The molecule has 1 N–H and O–H groups in total. The second-order valence-corrected chi connectivity index (χ2v) is 10.9. The van der Waals surface area contributed by atoms with Gasteiger partial charge in [0.2, 0.25) is 0 Å². The van der Waals surface area contributed by atoms with Gasteiger partial charge in [0, 0.05) is 36.9 Å². The highest BCUT2D eigenvalue weighted by atomic mass is 19.4. The van der Waals surface area contributed by atoms with Crippen LogP contribution in [0.5, 0.6) is 0 Å². The molecule has 2 fully saturated rings. The van der Waals surface area contributed by atoms with Crippen molar-refractivity contribution in [1.29, 1.82) is 0 Å². The molecular weight excluding hydrogens is 524 g/mol. The van der Waals surface area contributed by atoms with Crippen molar-refractivity contribution in [3.8, 4) is 0 Å². The van der Waals surface area contributed by atoms with E-state index in [1.165, 1.54) is 23.1 Å². The molecule has 1 unspecified atom stereocenters. The number of fused-ring (bicyclic) bond motifs is 1. The van der Waals surface area contributed by atoms with Crippen molar-refractivity contribution >= 4 is 17.5 Å². The van der Waals surface area contributed by atoms with Crippen LogP contribution in [0.25, 0.3) is 0 Å². The van der Waals surface area contributed by atoms with Gasteiger partial charge in [-0.1, -0.05) is 30.3 Å². The lowest BCUT2D eigenvalue weighted by Crippen LogP contribution is -2.54. The summed E-state index contributed by atoms with van der Waals surface area (Å²) in [5, 5.41) is 8.00. The van der Waals surface area contributed by atoms with Crippen LogP contribution in [0.1, 0.15) is 41.5 Å². The normalized spacial score (nSPS) is 20.1. The first-order chi connectivity index (χ1) is 19.2. The molecule has 2 saturated heterocycles. The topological polar surface area (TPSA) is 56.6 Å². The van der Waals surface area contributed by atoms with Gasteiger partial charge in [0.1, 0.15) is 5.82 Å². The Labute approximate surface area is 230 Å². The van der Waals surface area contributed by atoms with Gasteiger partial charge in [0.05, 0.1) is 30.9 Å². The molecule has 0 spiro atoms. The van der Waals surface area contributed by atoms with Crippen LogP contribution in [0.4, 0.5) is 33.9 Å². The summed E-state index contributed by atoms with van der Waals surface area (Å²) in [6.07, 6.45) is -0.345. The maximum atomic E-state index is 14.6. The van der Waals surface area contributed by atoms with E-state index in [1.807, 2.05) is 24.1 Å². The minimum atomic E-state index is -4.54. The molecule has 0 radical (unpaired) electrons. The van der Waals surface area contributed by atoms with E-state index in [2.05, 4.69) is 10.4 Å². The number of nitrogens with zero attached hydrogens (tertiary/aromatic N) is 5. The number of hydrogen-bond acceptors (Lipinski definition) is 4. The summed E-state index contributed by atoms with van der Waals surface area (Å²) in [6, 6.07) is 10.2. The Morgan fingerprint density at radius 1 is 1.05 bits per heavy atom. The molecule has 0 saturated carbocycles. The third-order valence-electron chi connectivity index (χ3n) is 8.28. The predicted octanol–water partition coefficient (Wildman–Crippen LogP) is 5.32. The number of urea groups is 1. The number of piperidine rings is 1. The van der Waals surface area contributed by atoms with E-state index >= 15 is 0 Å². The number of amides is 2. The number of carbonyl (C=O) groups excluding carboxylic acids is 1. The van der Waals surface area contributed by atoms with Gasteiger partial charge in [-0.2, -0.15) is 18.3 Å². The maximum Gasteiger partial charge on any atom is 0.416 e. The summed E-state index contributed by atoms with van der Waals surface area (Å²) >= 11 is 0. The van der Waals surface area contributed by atoms with Gasteiger partial charge < -0.3 is 15.1 Å². The number of anilines is 2. The van der Waals surface area contributed by atoms with Gasteiger partial charge in [-0.05, 0) is 56.0 Å². The van der Waals surface area contributed by atoms with Crippen molar-refractivity contribution in [2.45, 2.75) is 64.1 Å². The number of aromatic nitrogens is 2. The van der Waals surface area contributed by atoms with E-state index in [-0.39, 0.29) is 30.0 Å². The van der Waals surface area contributed by atoms with E-state index in [0.717, 1.165) is 30.2 Å². The van der Waals surface area contributed by atoms with Gasteiger partial charge in [-0.15, -0.1) is 0 Å². The second-order valence-electron chi connectivity index (χ2n) is 10.9. The molecule has 11 heteroatoms. The van der Waals surface area contributed by atoms with Crippen molar-refractivity contribution in [1.82, 2.24) is 20.0 Å². The molecule has 3 aliphatic heterocycles. The molecule has 6 rings (SSSR count). The summed E-state index contributed by atoms with van der Waals surface area (Å²) in [7, 11) is 0. The fourth-order valence-electron chi connectivity index (χ4n) is 6.07. The Hall–Kier alpha value is -3.60. The fraction of sp³-hybridized carbons (Fsp3) is 0.448. The van der Waals surface area contributed by atoms with Crippen molar-refractivity contribution in [2.24, 2.45) is 0 Å². The molecule has 40 heavy (non-hydrogen) atoms. The Kier molecular flexibility index (Phi) is 6.93. The summed E-state index contributed by atoms with van der Waals surface area (Å²) in [4.78, 5) is 19.1. The molecule has 1 atom stereocenters. The lowest BCUT2D eigenvalue weighted by atomic mass is 10.00. The molecule has 0 aliphatic carbocycles. The van der Waals surface area contributed by atoms with E-state index < -0.39 is 11.7 Å². The summed E-state index contributed by atoms with van der Waals surface area (Å²) in [5.74, 6) is 0.150. The fourth-order valence-corrected chi connectivity index (χ4v) is 6.07. The lowest BCUT2D eigenvalue weighted by Gasteiger charge is -2.43. The number of carbonyl (C=O) groups is 1. The molecule has 212 valence electrons. The van der Waals surface area contributed by atoms with Crippen molar-refractivity contribution in [3.05, 3.63) is 76.7 Å². The average molecular weight is 557 g/mol. The van der Waals surface area contributed by atoms with Gasteiger partial charge in [-0.3, -0.25) is 9.58 Å². The zero-order valence-corrected chi connectivity index (χ0v) is 22.3. The SMILES string of the molecule is Cc1cccc(F)c1N1CCC(N2Cc3cn(CC4CCN4)nc3N(Cc3ccccc3C(F)(F)F)C2=O)CC1. The number of benzene rings is 2. The van der Waals surface area contributed by atoms with Crippen LogP contribution in [-0.4, -0.2) is 52.4 Å². The van der Waals surface area contributed by atoms with Gasteiger partial charge in [0.25, 0.3) is 0 Å². The molecule has 2 amide bonds. The second kappa shape index (κ2) is 10.4. The van der Waals surface area contributed by atoms with Crippen molar-refractivity contribution in [2.75, 3.05) is 29.4 Å². The number of alkyl halides is 3. The Bertz CT molecular complexity index is 1370. The van der Waals surface area contributed by atoms with Crippen LogP contribution in [0, 0.1) is 12.7 Å². The highest BCUT2D eigenvalue weighted by molar-refractivity contribution is 5.94. The van der Waals surface area contributed by atoms with E-state index in [1.54, 1.807) is 21.7 Å². The predicted molar refractivity (Wildman–Crippen MR) is 144 cm³/mol. The number of para-hydroxylation sites is 1. The molecule has 2 aromatic carbocycles. The Morgan fingerprint density at radius 2 is 1.80 bits per heavy atom. The molecule has 1 aromatic heterocycles. The average Bonchev–Trinajstić information content (AvgIpc) is 3.30. The quantitative estimate of drug-likeness (QED) is 0.418. The Morgan fingerprint density at radius 3 is 2.48 bits per heavy atom. The van der Waals surface area contributed by atoms with Crippen LogP contribution < -0.4 is 15.1 Å². The maximum absolute atomic E-state index is 14.6. The van der Waals surface area contributed by atoms with Gasteiger partial charge in [0.15, 0.2) is 5.82 Å². The van der Waals surface area contributed by atoms with E-state index in [9.17, 15) is 22.4 Å². The van der Waals surface area contributed by atoms with Crippen LogP contribution in [0.2, 0.25) is 0 Å². The zero-order chi connectivity index (χ0) is 28.0. The van der Waals surface area contributed by atoms with Crippen LogP contribution in [-0.2, 0) is 25.8 Å². The first kappa shape index (κ1) is 26.6. The summed E-state index contributed by atoms with van der Waals surface area (Å²) in [5.41, 5.74) is 1.53. The third-order valence-corrected chi connectivity index (χ3v) is 8.28. The van der Waals surface area contributed by atoms with Gasteiger partial charge >= 0.3 is 12.2 Å². The molecule has 3 aromatic rings. The van der Waals surface area contributed by atoms with Crippen molar-refractivity contribution in [3.63, 3.8) is 0 Å². The first-order valence-corrected chi connectivity index (χ1v) is 13.7.